The molecule has 15 atom stereocenters. The molecule has 14 heteroatoms. The molecule has 1 aliphatic carbocycles. The van der Waals surface area contributed by atoms with Gasteiger partial charge in [0, 0.05) is 44.7 Å². The fourth-order valence-electron chi connectivity index (χ4n) is 11.4. The number of benzene rings is 1. The maximum Gasteiger partial charge on any atom is 0.329 e. The third-order valence-corrected chi connectivity index (χ3v) is 16.1. The van der Waals surface area contributed by atoms with E-state index < -0.39 is 77.4 Å². The van der Waals surface area contributed by atoms with Gasteiger partial charge in [0.15, 0.2) is 5.78 Å². The van der Waals surface area contributed by atoms with Crippen molar-refractivity contribution in [2.24, 2.45) is 35.5 Å². The number of nitrogens with zero attached hydrogens (tertiary/aromatic N) is 2. The number of anilines is 1. The van der Waals surface area contributed by atoms with Gasteiger partial charge in [0.2, 0.25) is 5.79 Å². The van der Waals surface area contributed by atoms with Crippen LogP contribution in [0.2, 0.25) is 0 Å². The number of esters is 1. The lowest BCUT2D eigenvalue weighted by molar-refractivity contribution is -0.264. The maximum atomic E-state index is 14.5. The number of carbonyl (C=O) groups is 4. The van der Waals surface area contributed by atoms with Crippen LogP contribution >= 0.6 is 0 Å². The first-order chi connectivity index (χ1) is 34.1. The van der Waals surface area contributed by atoms with Crippen LogP contribution < -0.4 is 5.32 Å². The van der Waals surface area contributed by atoms with Crippen molar-refractivity contribution in [3.63, 3.8) is 0 Å². The minimum Gasteiger partial charge on any atom is -0.461 e. The molecule has 0 radical (unpaired) electrons. The van der Waals surface area contributed by atoms with Gasteiger partial charge in [0.1, 0.15) is 24.4 Å². The van der Waals surface area contributed by atoms with Crippen molar-refractivity contribution in [3.05, 3.63) is 77.4 Å². The van der Waals surface area contributed by atoms with Crippen LogP contribution in [-0.4, -0.2) is 118 Å². The largest absolute Gasteiger partial charge is 0.461 e. The highest BCUT2D eigenvalue weighted by atomic mass is 16.6. The van der Waals surface area contributed by atoms with Gasteiger partial charge in [-0.2, -0.15) is 5.26 Å². The molecular formula is C58H85N3O11. The van der Waals surface area contributed by atoms with E-state index in [-0.39, 0.29) is 54.9 Å². The summed E-state index contributed by atoms with van der Waals surface area (Å²) in [5.41, 5.74) is 1.82. The molecule has 3 aliphatic heterocycles. The summed E-state index contributed by atoms with van der Waals surface area (Å²) in [7, 11) is 3.04. The summed E-state index contributed by atoms with van der Waals surface area (Å²) in [6.45, 7) is 15.5. The lowest BCUT2D eigenvalue weighted by Crippen LogP contribution is -2.61. The molecule has 1 amide bonds. The third-order valence-electron chi connectivity index (χ3n) is 16.1. The summed E-state index contributed by atoms with van der Waals surface area (Å²) < 4.78 is 24.2. The van der Waals surface area contributed by atoms with E-state index in [4.69, 9.17) is 18.9 Å². The summed E-state index contributed by atoms with van der Waals surface area (Å²) in [5.74, 6) is -6.46. The summed E-state index contributed by atoms with van der Waals surface area (Å²) >= 11 is 0. The first-order valence-corrected chi connectivity index (χ1v) is 26.5. The van der Waals surface area contributed by atoms with Gasteiger partial charge in [-0.15, -0.1) is 0 Å². The number of piperidine rings is 1. The van der Waals surface area contributed by atoms with Crippen molar-refractivity contribution in [1.29, 1.82) is 5.26 Å². The third kappa shape index (κ3) is 15.1. The van der Waals surface area contributed by atoms with Crippen molar-refractivity contribution in [3.8, 4) is 6.07 Å². The summed E-state index contributed by atoms with van der Waals surface area (Å²) in [5, 5.41) is 47.7. The number of nitriles is 1. The molecule has 4 N–H and O–H groups in total. The molecule has 14 nitrogen and oxygen atoms in total. The molecule has 8 unspecified atom stereocenters. The van der Waals surface area contributed by atoms with Crippen LogP contribution in [-0.2, 0) is 38.1 Å². The fraction of sp³-hybridized carbons (Fsp3) is 0.672. The van der Waals surface area contributed by atoms with Crippen LogP contribution in [0.3, 0.4) is 0 Å². The van der Waals surface area contributed by atoms with Gasteiger partial charge in [-0.3, -0.25) is 14.4 Å². The Bertz CT molecular complexity index is 2180. The number of allylic oxidation sites excluding steroid dienone is 6. The Morgan fingerprint density at radius 1 is 0.917 bits per heavy atom. The maximum absolute atomic E-state index is 14.5. The number of nitrogens with one attached hydrogen (secondary N) is 1. The molecule has 3 heterocycles. The SMILES string of the molecule is COC1CC(C[C@@H](C)[C@@H]2CC[C@H](C)/C=C(\C)C(O)[C@@H](OC)C(=O)C(C)C[C@H](C)/C=C/C=C/C=C(\C)C(C)(Nc3cccc(C#N)c3)C[C@@H]3CCC(C)C(O)(O3)C(=O)C(=O)N3CCCCC3C(=O)O2)CC[C@H]1O. The molecule has 1 saturated carbocycles. The number of ether oxygens (including phenoxy) is 4. The van der Waals surface area contributed by atoms with E-state index in [0.717, 1.165) is 12.0 Å². The van der Waals surface area contributed by atoms with E-state index >= 15 is 0 Å². The first-order valence-electron chi connectivity index (χ1n) is 26.5. The molecule has 1 aromatic rings. The standard InChI is InChI=1S/C58H85N3O11/c1-36-17-12-11-13-18-41(6)57(8,60-45-20-16-19-44(32-45)35-59)34-46-25-23-42(7)58(68,72-46)54(65)55(66)61-28-15-14-21-47(61)56(67)71-49(38(3)31-43-24-26-48(62)50(33-43)69-9)27-22-37(2)30-40(5)52(64)53(70-10)51(63)39(4)29-36/h11-13,16-20,30,32,36-39,42-43,46-50,52-53,60,62,64,68H,14-15,21-29,31,33-34H2,1-10H3/b13-11+,17-12+,40-30+,41-18+/t36-,37+,38-,39?,42?,43?,46+,47?,48-,49+,50?,52?,53+,57?,58?/m1/s1. The van der Waals surface area contributed by atoms with Crippen molar-refractivity contribution < 1.29 is 53.4 Å². The number of aliphatic hydroxyl groups excluding tert-OH is 2. The summed E-state index contributed by atoms with van der Waals surface area (Å²) in [6, 6.07) is 8.27. The lowest BCUT2D eigenvalue weighted by atomic mass is 9.78. The van der Waals surface area contributed by atoms with Crippen molar-refractivity contribution >= 4 is 29.1 Å². The van der Waals surface area contributed by atoms with Gasteiger partial charge < -0.3 is 44.5 Å². The molecule has 398 valence electrons. The van der Waals surface area contributed by atoms with Crippen LogP contribution in [0.5, 0.6) is 0 Å². The Hall–Kier alpha value is -4.49. The number of carbonyl (C=O) groups excluding carboxylic acids is 4. The zero-order chi connectivity index (χ0) is 52.9. The first kappa shape index (κ1) is 58.4. The number of Topliss-reactive ketones (excluding diaryl/α,β-unsaturated/α-hetero) is 2. The van der Waals surface area contributed by atoms with Crippen molar-refractivity contribution in [2.45, 2.75) is 193 Å². The van der Waals surface area contributed by atoms with Gasteiger partial charge in [0.25, 0.3) is 11.7 Å². The number of cyclic esters (lactones) is 1. The Morgan fingerprint density at radius 3 is 2.38 bits per heavy atom. The molecule has 2 saturated heterocycles. The van der Waals surface area contributed by atoms with Crippen LogP contribution in [0.1, 0.15) is 144 Å². The van der Waals surface area contributed by atoms with Crippen LogP contribution in [0, 0.1) is 46.8 Å². The summed E-state index contributed by atoms with van der Waals surface area (Å²) in [6.07, 6.45) is 14.4. The van der Waals surface area contributed by atoms with Gasteiger partial charge in [-0.05, 0) is 151 Å². The van der Waals surface area contributed by atoms with E-state index in [1.54, 1.807) is 39.2 Å². The van der Waals surface area contributed by atoms with E-state index in [0.29, 0.717) is 81.0 Å². The van der Waals surface area contributed by atoms with Gasteiger partial charge in [-0.25, -0.2) is 4.79 Å². The Kier molecular flexibility index (Phi) is 21.6. The number of hydrogen-bond acceptors (Lipinski definition) is 13. The Morgan fingerprint density at radius 2 is 1.67 bits per heavy atom. The predicted octanol–water partition coefficient (Wildman–Crippen LogP) is 8.73. The van der Waals surface area contributed by atoms with E-state index in [1.807, 2.05) is 77.1 Å². The molecule has 4 aliphatic rings. The number of aliphatic hydroxyl groups is 3. The molecule has 5 rings (SSSR count). The number of methoxy groups -OCH3 is 2. The average Bonchev–Trinajstić information content (AvgIpc) is 3.35. The van der Waals surface area contributed by atoms with Crippen LogP contribution in [0.4, 0.5) is 5.69 Å². The number of hydrogen-bond donors (Lipinski definition) is 4. The second-order valence-corrected chi connectivity index (χ2v) is 22.0. The quantitative estimate of drug-likeness (QED) is 0.115. The number of rotatable bonds is 7. The van der Waals surface area contributed by atoms with Crippen molar-refractivity contribution in [2.75, 3.05) is 26.1 Å². The molecule has 0 spiro atoms. The number of fused-ring (bicyclic) bond motifs is 3. The second-order valence-electron chi connectivity index (χ2n) is 22.0. The zero-order valence-electron chi connectivity index (χ0n) is 44.7. The lowest BCUT2D eigenvalue weighted by Gasteiger charge is -2.45. The smallest absolute Gasteiger partial charge is 0.329 e. The molecule has 0 aromatic heterocycles. The highest BCUT2D eigenvalue weighted by Gasteiger charge is 2.53. The summed E-state index contributed by atoms with van der Waals surface area (Å²) in [4.78, 5) is 58.7. The van der Waals surface area contributed by atoms with Gasteiger partial charge in [-0.1, -0.05) is 77.1 Å². The van der Waals surface area contributed by atoms with Crippen LogP contribution in [0.25, 0.3) is 0 Å². The monoisotopic (exact) mass is 1000 g/mol. The minimum absolute atomic E-state index is 0.0239. The van der Waals surface area contributed by atoms with Gasteiger partial charge in [0.05, 0.1) is 35.5 Å². The molecule has 2 bridgehead atoms. The van der Waals surface area contributed by atoms with Gasteiger partial charge >= 0.3 is 5.97 Å². The molecule has 1 aromatic carbocycles. The van der Waals surface area contributed by atoms with Crippen LogP contribution in [0.15, 0.2) is 71.9 Å². The number of amides is 1. The molecule has 72 heavy (non-hydrogen) atoms. The Labute approximate surface area is 429 Å². The molecular weight excluding hydrogens is 915 g/mol. The highest BCUT2D eigenvalue weighted by molar-refractivity contribution is 6.39. The second kappa shape index (κ2) is 26.6. The minimum atomic E-state index is -2.46. The molecule has 3 fully saturated rings. The fourth-order valence-corrected chi connectivity index (χ4v) is 11.4. The average molecular weight is 1000 g/mol. The highest BCUT2D eigenvalue weighted by Crippen LogP contribution is 2.40. The topological polar surface area (TPSA) is 205 Å². The van der Waals surface area contributed by atoms with E-state index in [1.165, 1.54) is 12.0 Å². The van der Waals surface area contributed by atoms with Crippen molar-refractivity contribution in [1.82, 2.24) is 4.90 Å². The zero-order valence-corrected chi connectivity index (χ0v) is 44.7. The number of ketones is 2. The van der Waals surface area contributed by atoms with E-state index in [2.05, 4.69) is 18.3 Å². The van der Waals surface area contributed by atoms with E-state index in [9.17, 15) is 39.8 Å². The normalized spacial score (nSPS) is 38.4. The Balaban J connectivity index is 1.51. The predicted molar refractivity (Wildman–Crippen MR) is 277 cm³/mol.